The van der Waals surface area contributed by atoms with Crippen molar-refractivity contribution >= 4 is 39.9 Å². The van der Waals surface area contributed by atoms with Gasteiger partial charge in [-0.1, -0.05) is 30.7 Å². The van der Waals surface area contributed by atoms with Crippen molar-refractivity contribution < 1.29 is 9.59 Å². The van der Waals surface area contributed by atoms with Crippen LogP contribution < -0.4 is 10.5 Å². The normalized spacial score (nSPS) is 13.6. The molecule has 1 aliphatic heterocycles. The maximum Gasteiger partial charge on any atom is 0.300 e. The molecule has 0 bridgehead atoms. The smallest absolute Gasteiger partial charge is 0.300 e. The number of ketones is 1. The second kappa shape index (κ2) is 7.18. The zero-order valence-electron chi connectivity index (χ0n) is 15.1. The number of amides is 1. The molecule has 4 rings (SSSR count). The molecule has 28 heavy (non-hydrogen) atoms. The number of nitrogens with zero attached hydrogens (tertiary/aromatic N) is 3. The lowest BCUT2D eigenvalue weighted by Crippen LogP contribution is -2.41. The number of hydrogen-bond acceptors (Lipinski definition) is 5. The number of hydrogen-bond donors (Lipinski definition) is 1. The van der Waals surface area contributed by atoms with Gasteiger partial charge >= 0.3 is 5.91 Å². The summed E-state index contributed by atoms with van der Waals surface area (Å²) in [5.74, 6) is -0.652. The molecule has 0 spiro atoms. The molecule has 7 nitrogen and oxygen atoms in total. The molecule has 142 valence electrons. The monoisotopic (exact) mass is 396 g/mol. The topological polar surface area (TPSA) is 86.4 Å². The standard InChI is InChI=1S/C20H17ClN4O3/c1-2-24(10-17-22-15-6-4-3-5-13(15)19(27)23-17)11-25-16-8-7-12(21)9-14(16)18(26)20(25)28/h3-9H,2,10-11H2,1H3,(H,22,23,27). The number of Topliss-reactive ketones (excluding diaryl/α,β-unsaturated/α-hetero) is 1. The first-order valence-electron chi connectivity index (χ1n) is 8.84. The largest absolute Gasteiger partial charge is 0.309 e. The van der Waals surface area contributed by atoms with Gasteiger partial charge < -0.3 is 4.98 Å². The van der Waals surface area contributed by atoms with E-state index in [1.807, 2.05) is 17.9 Å². The molecule has 2 heterocycles. The van der Waals surface area contributed by atoms with Crippen LogP contribution in [-0.2, 0) is 11.3 Å². The maximum atomic E-state index is 12.4. The van der Waals surface area contributed by atoms with Gasteiger partial charge in [0.15, 0.2) is 0 Å². The number of H-pyrrole nitrogens is 1. The highest BCUT2D eigenvalue weighted by atomic mass is 35.5. The van der Waals surface area contributed by atoms with E-state index in [1.54, 1.807) is 30.3 Å². The maximum absolute atomic E-state index is 12.4. The lowest BCUT2D eigenvalue weighted by atomic mass is 10.1. The Hall–Kier alpha value is -3.03. The highest BCUT2D eigenvalue weighted by Crippen LogP contribution is 2.31. The Morgan fingerprint density at radius 2 is 1.93 bits per heavy atom. The van der Waals surface area contributed by atoms with Crippen LogP contribution in [0.15, 0.2) is 47.3 Å². The number of aromatic nitrogens is 2. The molecule has 0 radical (unpaired) electrons. The third-order valence-electron chi connectivity index (χ3n) is 4.76. The molecule has 3 aromatic rings. The summed E-state index contributed by atoms with van der Waals surface area (Å²) in [6, 6.07) is 12.0. The fourth-order valence-electron chi connectivity index (χ4n) is 3.30. The minimum atomic E-state index is -0.587. The van der Waals surface area contributed by atoms with Crippen molar-refractivity contribution in [1.82, 2.24) is 14.9 Å². The Kier molecular flexibility index (Phi) is 4.70. The van der Waals surface area contributed by atoms with E-state index in [4.69, 9.17) is 11.6 Å². The van der Waals surface area contributed by atoms with E-state index in [0.29, 0.717) is 46.1 Å². The number of fused-ring (bicyclic) bond motifs is 2. The molecule has 0 saturated carbocycles. The van der Waals surface area contributed by atoms with Crippen LogP contribution in [-0.4, -0.2) is 39.8 Å². The number of carbonyl (C=O) groups is 2. The quantitative estimate of drug-likeness (QED) is 0.670. The molecule has 0 saturated heterocycles. The minimum absolute atomic E-state index is 0.201. The lowest BCUT2D eigenvalue weighted by Gasteiger charge is -2.26. The summed E-state index contributed by atoms with van der Waals surface area (Å²) in [7, 11) is 0. The van der Waals surface area contributed by atoms with E-state index in [2.05, 4.69) is 9.97 Å². The third-order valence-corrected chi connectivity index (χ3v) is 4.99. The molecule has 0 unspecified atom stereocenters. The first-order valence-corrected chi connectivity index (χ1v) is 9.21. The number of nitrogens with one attached hydrogen (secondary N) is 1. The van der Waals surface area contributed by atoms with Crippen LogP contribution in [0.4, 0.5) is 5.69 Å². The van der Waals surface area contributed by atoms with E-state index in [9.17, 15) is 14.4 Å². The molecule has 1 aliphatic rings. The van der Waals surface area contributed by atoms with Gasteiger partial charge in [0.1, 0.15) is 5.82 Å². The summed E-state index contributed by atoms with van der Waals surface area (Å²) in [4.78, 5) is 47.6. The van der Waals surface area contributed by atoms with E-state index in [1.165, 1.54) is 11.0 Å². The molecule has 2 aromatic carbocycles. The summed E-state index contributed by atoms with van der Waals surface area (Å²) >= 11 is 5.95. The zero-order chi connectivity index (χ0) is 19.8. The van der Waals surface area contributed by atoms with Gasteiger partial charge in [0.05, 0.1) is 35.4 Å². The fraction of sp³-hybridized carbons (Fsp3) is 0.200. The molecule has 0 fully saturated rings. The van der Waals surface area contributed by atoms with E-state index in [0.717, 1.165) is 0 Å². The molecule has 0 aliphatic carbocycles. The van der Waals surface area contributed by atoms with E-state index in [-0.39, 0.29) is 12.2 Å². The Balaban J connectivity index is 1.60. The number of halogens is 1. The van der Waals surface area contributed by atoms with Crippen LogP contribution >= 0.6 is 11.6 Å². The van der Waals surface area contributed by atoms with Crippen molar-refractivity contribution in [1.29, 1.82) is 0 Å². The van der Waals surface area contributed by atoms with Crippen molar-refractivity contribution in [3.8, 4) is 0 Å². The Labute approximate surface area is 165 Å². The van der Waals surface area contributed by atoms with Crippen molar-refractivity contribution in [2.45, 2.75) is 13.5 Å². The van der Waals surface area contributed by atoms with Crippen molar-refractivity contribution in [2.24, 2.45) is 0 Å². The van der Waals surface area contributed by atoms with Crippen LogP contribution in [0.1, 0.15) is 23.1 Å². The highest BCUT2D eigenvalue weighted by molar-refractivity contribution is 6.52. The van der Waals surface area contributed by atoms with E-state index < -0.39 is 11.7 Å². The first kappa shape index (κ1) is 18.3. The van der Waals surface area contributed by atoms with Gasteiger partial charge in [-0.25, -0.2) is 4.98 Å². The zero-order valence-corrected chi connectivity index (χ0v) is 15.9. The van der Waals surface area contributed by atoms with Crippen LogP contribution in [0.5, 0.6) is 0 Å². The van der Waals surface area contributed by atoms with Crippen LogP contribution in [0.3, 0.4) is 0 Å². The van der Waals surface area contributed by atoms with Gasteiger partial charge in [-0.15, -0.1) is 0 Å². The first-order chi connectivity index (χ1) is 13.5. The fourth-order valence-corrected chi connectivity index (χ4v) is 3.47. The molecule has 1 N–H and O–H groups in total. The summed E-state index contributed by atoms with van der Waals surface area (Å²) < 4.78 is 0. The van der Waals surface area contributed by atoms with Gasteiger partial charge in [0.2, 0.25) is 0 Å². The molecular weight excluding hydrogens is 380 g/mol. The SMILES string of the molecule is CCN(Cc1nc2ccccc2c(=O)[nH]1)CN1C(=O)C(=O)c2cc(Cl)ccc21. The molecule has 0 atom stereocenters. The van der Waals surface area contributed by atoms with Crippen molar-refractivity contribution in [3.05, 3.63) is 69.2 Å². The summed E-state index contributed by atoms with van der Waals surface area (Å²) in [6.07, 6.45) is 0. The van der Waals surface area contributed by atoms with Crippen molar-refractivity contribution in [3.63, 3.8) is 0 Å². The Bertz CT molecular complexity index is 1160. The summed E-state index contributed by atoms with van der Waals surface area (Å²) in [5, 5.41) is 0.937. The number of aromatic amines is 1. The van der Waals surface area contributed by atoms with Gasteiger partial charge in [0.25, 0.3) is 11.3 Å². The summed E-state index contributed by atoms with van der Waals surface area (Å²) in [6.45, 7) is 3.06. The number of anilines is 1. The minimum Gasteiger partial charge on any atom is -0.309 e. The van der Waals surface area contributed by atoms with E-state index >= 15 is 0 Å². The van der Waals surface area contributed by atoms with Crippen LogP contribution in [0.25, 0.3) is 10.9 Å². The van der Waals surface area contributed by atoms with Crippen LogP contribution in [0, 0.1) is 0 Å². The number of benzene rings is 2. The second-order valence-electron chi connectivity index (χ2n) is 6.54. The van der Waals surface area contributed by atoms with Gasteiger partial charge in [-0.2, -0.15) is 0 Å². The molecule has 1 aromatic heterocycles. The number of rotatable bonds is 5. The average molecular weight is 397 g/mol. The van der Waals surface area contributed by atoms with Gasteiger partial charge in [0, 0.05) is 5.02 Å². The number of para-hydroxylation sites is 1. The molecule has 8 heteroatoms. The molecular formula is C20H17ClN4O3. The predicted octanol–water partition coefficient (Wildman–Crippen LogP) is 2.59. The van der Waals surface area contributed by atoms with Crippen molar-refractivity contribution in [2.75, 3.05) is 18.1 Å². The predicted molar refractivity (Wildman–Crippen MR) is 107 cm³/mol. The highest BCUT2D eigenvalue weighted by Gasteiger charge is 2.36. The van der Waals surface area contributed by atoms with Crippen LogP contribution in [0.2, 0.25) is 5.02 Å². The van der Waals surface area contributed by atoms with Gasteiger partial charge in [-0.3, -0.25) is 24.2 Å². The number of carbonyl (C=O) groups excluding carboxylic acids is 2. The second-order valence-corrected chi connectivity index (χ2v) is 6.98. The summed E-state index contributed by atoms with van der Waals surface area (Å²) in [5.41, 5.74) is 1.26. The Morgan fingerprint density at radius 1 is 1.14 bits per heavy atom. The Morgan fingerprint density at radius 3 is 2.71 bits per heavy atom. The average Bonchev–Trinajstić information content (AvgIpc) is 2.92. The molecule has 1 amide bonds. The van der Waals surface area contributed by atoms with Gasteiger partial charge in [-0.05, 0) is 36.9 Å². The lowest BCUT2D eigenvalue weighted by molar-refractivity contribution is -0.114. The third kappa shape index (κ3) is 3.19.